The number of rotatable bonds is 8. The van der Waals surface area contributed by atoms with Crippen molar-refractivity contribution in [2.45, 2.75) is 20.8 Å². The van der Waals surface area contributed by atoms with Crippen molar-refractivity contribution in [3.63, 3.8) is 0 Å². The van der Waals surface area contributed by atoms with Gasteiger partial charge < -0.3 is 25.8 Å². The average molecular weight is 436 g/mol. The van der Waals surface area contributed by atoms with E-state index in [0.29, 0.717) is 36.9 Å². The van der Waals surface area contributed by atoms with Gasteiger partial charge >= 0.3 is 0 Å². The predicted octanol–water partition coefficient (Wildman–Crippen LogP) is 1.96. The first-order valence-corrected chi connectivity index (χ1v) is 7.33. The molecule has 7 nitrogen and oxygen atoms in total. The van der Waals surface area contributed by atoms with Crippen LogP contribution in [0.3, 0.4) is 0 Å². The largest absolute Gasteiger partial charge is 0.494 e. The fraction of sp³-hybridized carbons (Fsp3) is 0.467. The third kappa shape index (κ3) is 7.91. The molecule has 0 atom stereocenters. The zero-order valence-corrected chi connectivity index (χ0v) is 16.0. The number of carbonyl (C=O) groups excluding carboxylic acids is 1. The van der Waals surface area contributed by atoms with Gasteiger partial charge in [0.05, 0.1) is 18.9 Å². The number of ether oxygens (including phenoxy) is 2. The average Bonchev–Trinajstić information content (AvgIpc) is 2.49. The van der Waals surface area contributed by atoms with Crippen LogP contribution >= 0.6 is 24.0 Å². The van der Waals surface area contributed by atoms with E-state index in [9.17, 15) is 4.79 Å². The number of amides is 1. The van der Waals surface area contributed by atoms with Crippen molar-refractivity contribution in [2.24, 2.45) is 10.7 Å². The summed E-state index contributed by atoms with van der Waals surface area (Å²) in [6.07, 6.45) is 0. The Morgan fingerprint density at radius 3 is 2.52 bits per heavy atom. The lowest BCUT2D eigenvalue weighted by Gasteiger charge is -2.13. The molecule has 0 spiro atoms. The Hall–Kier alpha value is -1.71. The number of nitrogens with zero attached hydrogens (tertiary/aromatic N) is 1. The molecule has 4 N–H and O–H groups in total. The zero-order chi connectivity index (χ0) is 16.4. The van der Waals surface area contributed by atoms with Crippen LogP contribution in [0.4, 0.5) is 5.69 Å². The lowest BCUT2D eigenvalue weighted by Crippen LogP contribution is -2.29. The highest BCUT2D eigenvalue weighted by Gasteiger charge is 2.07. The molecule has 0 radical (unpaired) electrons. The van der Waals surface area contributed by atoms with E-state index >= 15 is 0 Å². The van der Waals surface area contributed by atoms with Crippen LogP contribution in [0.15, 0.2) is 23.2 Å². The first-order valence-electron chi connectivity index (χ1n) is 7.33. The van der Waals surface area contributed by atoms with Crippen LogP contribution < -0.4 is 25.8 Å². The maximum atomic E-state index is 11.4. The van der Waals surface area contributed by atoms with Crippen molar-refractivity contribution in [1.82, 2.24) is 5.32 Å². The molecular weight excluding hydrogens is 411 g/mol. The number of likely N-dealkylation sites (N-methyl/N-ethyl adjacent to an activating group) is 1. The molecule has 1 amide bonds. The van der Waals surface area contributed by atoms with Crippen molar-refractivity contribution < 1.29 is 14.3 Å². The summed E-state index contributed by atoms with van der Waals surface area (Å²) in [4.78, 5) is 15.4. The van der Waals surface area contributed by atoms with Crippen molar-refractivity contribution in [3.8, 4) is 11.5 Å². The van der Waals surface area contributed by atoms with Gasteiger partial charge in [-0.15, -0.1) is 24.0 Å². The Labute approximate surface area is 154 Å². The molecule has 0 heterocycles. The summed E-state index contributed by atoms with van der Waals surface area (Å²) in [5.74, 6) is 1.30. The predicted molar refractivity (Wildman–Crippen MR) is 103 cm³/mol. The summed E-state index contributed by atoms with van der Waals surface area (Å²) >= 11 is 0. The molecule has 0 saturated carbocycles. The van der Waals surface area contributed by atoms with E-state index in [-0.39, 0.29) is 42.4 Å². The molecule has 130 valence electrons. The molecule has 0 saturated heterocycles. The minimum absolute atomic E-state index is 0. The van der Waals surface area contributed by atoms with Gasteiger partial charge in [-0.1, -0.05) is 0 Å². The molecule has 1 rings (SSSR count). The van der Waals surface area contributed by atoms with Gasteiger partial charge in [-0.3, -0.25) is 4.79 Å². The van der Waals surface area contributed by atoms with E-state index in [4.69, 9.17) is 15.2 Å². The highest BCUT2D eigenvalue weighted by atomic mass is 127. The molecule has 0 aliphatic heterocycles. The Balaban J connectivity index is 0.00000484. The third-order valence-corrected chi connectivity index (χ3v) is 2.59. The van der Waals surface area contributed by atoms with Crippen LogP contribution in [-0.4, -0.2) is 38.2 Å². The minimum Gasteiger partial charge on any atom is -0.494 e. The van der Waals surface area contributed by atoms with Crippen molar-refractivity contribution in [2.75, 3.05) is 31.6 Å². The van der Waals surface area contributed by atoms with Gasteiger partial charge in [-0.25, -0.2) is 4.99 Å². The van der Waals surface area contributed by atoms with Crippen LogP contribution in [0.5, 0.6) is 11.5 Å². The first-order chi connectivity index (χ1) is 10.6. The van der Waals surface area contributed by atoms with Gasteiger partial charge in [0.2, 0.25) is 5.91 Å². The number of carbonyl (C=O) groups is 1. The van der Waals surface area contributed by atoms with Crippen LogP contribution in [0, 0.1) is 0 Å². The molecule has 1 aromatic carbocycles. The van der Waals surface area contributed by atoms with E-state index in [1.54, 1.807) is 12.1 Å². The molecule has 0 fully saturated rings. The standard InChI is InChI=1S/C15H24N4O3.HI/c1-4-17-14(20)10-18-15(16)19-12-9-11(21-5-2)7-8-13(12)22-6-3;/h7-9H,4-6,10H2,1-3H3,(H,17,20)(H3,16,18,19);1H. The van der Waals surface area contributed by atoms with Gasteiger partial charge in [0, 0.05) is 12.6 Å². The monoisotopic (exact) mass is 436 g/mol. The topological polar surface area (TPSA) is 98.0 Å². The summed E-state index contributed by atoms with van der Waals surface area (Å²) in [7, 11) is 0. The minimum atomic E-state index is -0.180. The fourth-order valence-electron chi connectivity index (χ4n) is 1.73. The molecule has 0 unspecified atom stereocenters. The van der Waals surface area contributed by atoms with Gasteiger partial charge in [0.15, 0.2) is 5.96 Å². The highest BCUT2D eigenvalue weighted by Crippen LogP contribution is 2.29. The Kier molecular flexibility index (Phi) is 10.9. The van der Waals surface area contributed by atoms with Crippen molar-refractivity contribution >= 4 is 41.5 Å². The molecule has 8 heteroatoms. The van der Waals surface area contributed by atoms with E-state index in [2.05, 4.69) is 15.6 Å². The summed E-state index contributed by atoms with van der Waals surface area (Å²) in [5.41, 5.74) is 6.45. The second kappa shape index (κ2) is 11.8. The molecule has 0 bridgehead atoms. The number of nitrogens with two attached hydrogens (primary N) is 1. The van der Waals surface area contributed by atoms with Crippen molar-refractivity contribution in [1.29, 1.82) is 0 Å². The van der Waals surface area contributed by atoms with Gasteiger partial charge in [0.1, 0.15) is 18.0 Å². The smallest absolute Gasteiger partial charge is 0.241 e. The first kappa shape index (κ1) is 21.3. The van der Waals surface area contributed by atoms with Crippen LogP contribution in [0.2, 0.25) is 0 Å². The van der Waals surface area contributed by atoms with Crippen LogP contribution in [0.1, 0.15) is 20.8 Å². The number of hydrogen-bond acceptors (Lipinski definition) is 4. The second-order valence-electron chi connectivity index (χ2n) is 4.30. The highest BCUT2D eigenvalue weighted by molar-refractivity contribution is 14.0. The molecule has 0 aliphatic rings. The summed E-state index contributed by atoms with van der Waals surface area (Å²) in [6, 6.07) is 5.40. The maximum absolute atomic E-state index is 11.4. The van der Waals surface area contributed by atoms with Gasteiger partial charge in [0.25, 0.3) is 0 Å². The van der Waals surface area contributed by atoms with E-state index in [1.807, 2.05) is 26.8 Å². The number of aliphatic imine (C=N–C) groups is 1. The normalized spacial score (nSPS) is 10.5. The maximum Gasteiger partial charge on any atom is 0.241 e. The van der Waals surface area contributed by atoms with Crippen molar-refractivity contribution in [3.05, 3.63) is 18.2 Å². The van der Waals surface area contributed by atoms with Crippen LogP contribution in [-0.2, 0) is 4.79 Å². The quantitative estimate of drug-likeness (QED) is 0.329. The number of nitrogens with one attached hydrogen (secondary N) is 2. The van der Waals surface area contributed by atoms with E-state index in [1.165, 1.54) is 0 Å². The molecular formula is C15H25IN4O3. The second-order valence-corrected chi connectivity index (χ2v) is 4.30. The summed E-state index contributed by atoms with van der Waals surface area (Å²) in [6.45, 7) is 7.27. The summed E-state index contributed by atoms with van der Waals surface area (Å²) < 4.78 is 11.0. The third-order valence-electron chi connectivity index (χ3n) is 2.59. The van der Waals surface area contributed by atoms with E-state index in [0.717, 1.165) is 0 Å². The number of hydrogen-bond donors (Lipinski definition) is 3. The Morgan fingerprint density at radius 2 is 1.91 bits per heavy atom. The molecule has 1 aromatic rings. The summed E-state index contributed by atoms with van der Waals surface area (Å²) in [5, 5.41) is 5.58. The van der Waals surface area contributed by atoms with Gasteiger partial charge in [-0.2, -0.15) is 0 Å². The lowest BCUT2D eigenvalue weighted by atomic mass is 10.2. The fourth-order valence-corrected chi connectivity index (χ4v) is 1.73. The van der Waals surface area contributed by atoms with Gasteiger partial charge in [-0.05, 0) is 32.9 Å². The van der Waals surface area contributed by atoms with Crippen LogP contribution in [0.25, 0.3) is 0 Å². The number of benzene rings is 1. The molecule has 0 aromatic heterocycles. The molecule has 23 heavy (non-hydrogen) atoms. The lowest BCUT2D eigenvalue weighted by molar-refractivity contribution is -0.119. The van der Waals surface area contributed by atoms with E-state index < -0.39 is 0 Å². The Bertz CT molecular complexity index is 523. The number of halogens is 1. The number of guanidine groups is 1. The number of anilines is 1. The Morgan fingerprint density at radius 1 is 1.22 bits per heavy atom. The SMILES string of the molecule is CCNC(=O)CN=C(N)Nc1cc(OCC)ccc1OCC.I. The zero-order valence-electron chi connectivity index (χ0n) is 13.7. The molecule has 0 aliphatic carbocycles.